The summed E-state index contributed by atoms with van der Waals surface area (Å²) in [6, 6.07) is 26.2. The summed E-state index contributed by atoms with van der Waals surface area (Å²) in [5, 5.41) is 12.2. The first-order valence-electron chi connectivity index (χ1n) is 10.7. The van der Waals surface area contributed by atoms with E-state index in [9.17, 15) is 9.59 Å². The highest BCUT2D eigenvalue weighted by atomic mass is 32.2. The third-order valence-corrected chi connectivity index (χ3v) is 6.19. The number of carbonyl (C=O) groups is 2. The van der Waals surface area contributed by atoms with Crippen LogP contribution in [-0.4, -0.2) is 32.2 Å². The molecular weight excluding hydrogens is 432 g/mol. The van der Waals surface area contributed by atoms with Gasteiger partial charge in [0.1, 0.15) is 5.82 Å². The molecule has 1 aromatic heterocycles. The molecule has 4 rings (SSSR count). The fourth-order valence-electron chi connectivity index (χ4n) is 3.39. The molecule has 1 N–H and O–H groups in total. The number of thioether (sulfide) groups is 1. The van der Waals surface area contributed by atoms with Gasteiger partial charge in [0.15, 0.2) is 10.9 Å². The van der Waals surface area contributed by atoms with Gasteiger partial charge >= 0.3 is 0 Å². The van der Waals surface area contributed by atoms with Crippen LogP contribution in [0.25, 0.3) is 0 Å². The molecule has 0 spiro atoms. The standard InChI is InChI=1S/C26H24N4O2S/c1-30-23(18-19-10-4-2-5-11-19)28-29-26(30)33-17-16-24(31)27-22-15-9-8-14-21(22)25(32)20-12-6-3-7-13-20/h2-15H,16-18H2,1H3,(H,27,31). The maximum Gasteiger partial charge on any atom is 0.225 e. The predicted octanol–water partition coefficient (Wildman–Crippen LogP) is 4.76. The van der Waals surface area contributed by atoms with E-state index in [2.05, 4.69) is 27.6 Å². The zero-order valence-corrected chi connectivity index (χ0v) is 19.1. The zero-order chi connectivity index (χ0) is 23.0. The summed E-state index contributed by atoms with van der Waals surface area (Å²) in [4.78, 5) is 25.4. The Balaban J connectivity index is 1.33. The Morgan fingerprint density at radius 3 is 2.30 bits per heavy atom. The van der Waals surface area contributed by atoms with Crippen molar-refractivity contribution in [3.63, 3.8) is 0 Å². The predicted molar refractivity (Wildman–Crippen MR) is 131 cm³/mol. The van der Waals surface area contributed by atoms with Crippen LogP contribution in [0.4, 0.5) is 5.69 Å². The van der Waals surface area contributed by atoms with Crippen LogP contribution in [0, 0.1) is 0 Å². The van der Waals surface area contributed by atoms with Crippen molar-refractivity contribution in [2.45, 2.75) is 18.0 Å². The molecule has 3 aromatic carbocycles. The summed E-state index contributed by atoms with van der Waals surface area (Å²) in [5.41, 5.74) is 2.75. The largest absolute Gasteiger partial charge is 0.325 e. The number of para-hydroxylation sites is 1. The van der Waals surface area contributed by atoms with Crippen LogP contribution in [0.5, 0.6) is 0 Å². The molecule has 1 amide bonds. The lowest BCUT2D eigenvalue weighted by Crippen LogP contribution is -2.15. The number of carbonyl (C=O) groups excluding carboxylic acids is 2. The van der Waals surface area contributed by atoms with Gasteiger partial charge in [-0.25, -0.2) is 0 Å². The van der Waals surface area contributed by atoms with E-state index in [4.69, 9.17) is 0 Å². The Labute approximate surface area is 197 Å². The molecule has 0 fully saturated rings. The van der Waals surface area contributed by atoms with Crippen molar-refractivity contribution < 1.29 is 9.59 Å². The van der Waals surface area contributed by atoms with E-state index < -0.39 is 0 Å². The Morgan fingerprint density at radius 1 is 0.879 bits per heavy atom. The number of nitrogens with one attached hydrogen (secondary N) is 1. The van der Waals surface area contributed by atoms with Gasteiger partial charge in [-0.05, 0) is 17.7 Å². The minimum Gasteiger partial charge on any atom is -0.325 e. The number of aromatic nitrogens is 3. The van der Waals surface area contributed by atoms with Gasteiger partial charge in [0.2, 0.25) is 5.91 Å². The smallest absolute Gasteiger partial charge is 0.225 e. The Morgan fingerprint density at radius 2 is 1.55 bits per heavy atom. The maximum atomic E-state index is 12.8. The molecule has 0 bridgehead atoms. The second-order valence-corrected chi connectivity index (χ2v) is 8.57. The van der Waals surface area contributed by atoms with Crippen LogP contribution >= 0.6 is 11.8 Å². The number of hydrogen-bond acceptors (Lipinski definition) is 5. The molecule has 4 aromatic rings. The number of amides is 1. The third kappa shape index (κ3) is 5.75. The Bertz CT molecular complexity index is 1240. The van der Waals surface area contributed by atoms with Crippen LogP contribution in [0.2, 0.25) is 0 Å². The Hall–Kier alpha value is -3.71. The highest BCUT2D eigenvalue weighted by molar-refractivity contribution is 7.99. The molecule has 0 aliphatic carbocycles. The molecule has 166 valence electrons. The van der Waals surface area contributed by atoms with E-state index in [1.165, 1.54) is 17.3 Å². The van der Waals surface area contributed by atoms with Crippen LogP contribution in [0.15, 0.2) is 90.1 Å². The van der Waals surface area contributed by atoms with E-state index in [0.29, 0.717) is 35.4 Å². The lowest BCUT2D eigenvalue weighted by molar-refractivity contribution is -0.115. The normalized spacial score (nSPS) is 10.7. The van der Waals surface area contributed by atoms with Crippen molar-refractivity contribution in [2.24, 2.45) is 7.05 Å². The van der Waals surface area contributed by atoms with Gasteiger partial charge in [-0.1, -0.05) is 84.6 Å². The lowest BCUT2D eigenvalue weighted by Gasteiger charge is -2.10. The van der Waals surface area contributed by atoms with Crippen molar-refractivity contribution in [3.8, 4) is 0 Å². The monoisotopic (exact) mass is 456 g/mol. The first kappa shape index (κ1) is 22.5. The molecule has 33 heavy (non-hydrogen) atoms. The molecule has 7 heteroatoms. The van der Waals surface area contributed by atoms with E-state index in [1.54, 1.807) is 36.4 Å². The third-order valence-electron chi connectivity index (χ3n) is 5.17. The molecule has 0 radical (unpaired) electrons. The summed E-state index contributed by atoms with van der Waals surface area (Å²) >= 11 is 1.49. The molecule has 0 saturated heterocycles. The number of ketones is 1. The number of anilines is 1. The van der Waals surface area contributed by atoms with Crippen LogP contribution in [0.1, 0.15) is 33.7 Å². The van der Waals surface area contributed by atoms with Crippen LogP contribution in [-0.2, 0) is 18.3 Å². The highest BCUT2D eigenvalue weighted by Gasteiger charge is 2.15. The first-order chi connectivity index (χ1) is 16.1. The summed E-state index contributed by atoms with van der Waals surface area (Å²) in [5.74, 6) is 1.16. The summed E-state index contributed by atoms with van der Waals surface area (Å²) in [6.07, 6.45) is 0.997. The lowest BCUT2D eigenvalue weighted by atomic mass is 10.0. The molecular formula is C26H24N4O2S. The number of rotatable bonds is 9. The molecule has 0 atom stereocenters. The molecule has 0 saturated carbocycles. The van der Waals surface area contributed by atoms with Crippen molar-refractivity contribution in [1.29, 1.82) is 0 Å². The quantitative estimate of drug-likeness (QED) is 0.290. The molecule has 1 heterocycles. The van der Waals surface area contributed by atoms with Crippen molar-refractivity contribution >= 4 is 29.1 Å². The number of nitrogens with zero attached hydrogens (tertiary/aromatic N) is 3. The minimum absolute atomic E-state index is 0.120. The average molecular weight is 457 g/mol. The van der Waals surface area contributed by atoms with Gasteiger partial charge in [-0.15, -0.1) is 10.2 Å². The highest BCUT2D eigenvalue weighted by Crippen LogP contribution is 2.21. The molecule has 6 nitrogen and oxygen atoms in total. The summed E-state index contributed by atoms with van der Waals surface area (Å²) in [6.45, 7) is 0. The van der Waals surface area contributed by atoms with Gasteiger partial charge in [-0.2, -0.15) is 0 Å². The van der Waals surface area contributed by atoms with Gasteiger partial charge in [0, 0.05) is 36.8 Å². The first-order valence-corrected chi connectivity index (χ1v) is 11.6. The topological polar surface area (TPSA) is 76.9 Å². The molecule has 0 aliphatic rings. The Kier molecular flexibility index (Phi) is 7.32. The van der Waals surface area contributed by atoms with E-state index in [1.807, 2.05) is 48.0 Å². The van der Waals surface area contributed by atoms with Gasteiger partial charge in [-0.3, -0.25) is 9.59 Å². The van der Waals surface area contributed by atoms with Gasteiger partial charge < -0.3 is 9.88 Å². The number of benzene rings is 3. The zero-order valence-electron chi connectivity index (χ0n) is 18.3. The second kappa shape index (κ2) is 10.7. The molecule has 0 unspecified atom stereocenters. The van der Waals surface area contributed by atoms with E-state index >= 15 is 0 Å². The van der Waals surface area contributed by atoms with E-state index in [-0.39, 0.29) is 11.7 Å². The second-order valence-electron chi connectivity index (χ2n) is 7.51. The SMILES string of the molecule is Cn1c(Cc2ccccc2)nnc1SCCC(=O)Nc1ccccc1C(=O)c1ccccc1. The summed E-state index contributed by atoms with van der Waals surface area (Å²) < 4.78 is 1.96. The summed E-state index contributed by atoms with van der Waals surface area (Å²) in [7, 11) is 1.94. The van der Waals surface area contributed by atoms with Crippen molar-refractivity contribution in [2.75, 3.05) is 11.1 Å². The number of hydrogen-bond donors (Lipinski definition) is 1. The minimum atomic E-state index is -0.150. The van der Waals surface area contributed by atoms with Crippen molar-refractivity contribution in [3.05, 3.63) is 107 Å². The van der Waals surface area contributed by atoms with E-state index in [0.717, 1.165) is 11.0 Å². The van der Waals surface area contributed by atoms with Crippen LogP contribution < -0.4 is 5.32 Å². The maximum absolute atomic E-state index is 12.8. The van der Waals surface area contributed by atoms with Gasteiger partial charge in [0.05, 0.1) is 5.69 Å². The van der Waals surface area contributed by atoms with Gasteiger partial charge in [0.25, 0.3) is 0 Å². The fourth-order valence-corrected chi connectivity index (χ4v) is 4.25. The van der Waals surface area contributed by atoms with Crippen LogP contribution in [0.3, 0.4) is 0 Å². The average Bonchev–Trinajstić information content (AvgIpc) is 3.19. The van der Waals surface area contributed by atoms with Crippen molar-refractivity contribution in [1.82, 2.24) is 14.8 Å². The molecule has 0 aliphatic heterocycles. The fraction of sp³-hybridized carbons (Fsp3) is 0.154.